The highest BCUT2D eigenvalue weighted by molar-refractivity contribution is 5.19. The van der Waals surface area contributed by atoms with Crippen molar-refractivity contribution in [1.29, 1.82) is 0 Å². The van der Waals surface area contributed by atoms with Crippen LogP contribution in [-0.4, -0.2) is 22.9 Å². The van der Waals surface area contributed by atoms with E-state index in [1.165, 1.54) is 6.20 Å². The molecule has 3 rings (SSSR count). The van der Waals surface area contributed by atoms with E-state index in [4.69, 9.17) is 5.73 Å². The molecule has 1 aromatic rings. The number of aromatic nitrogens is 2. The fraction of sp³-hybridized carbons (Fsp3) is 0.700. The Hall–Kier alpha value is -0.940. The number of nitrogens with one attached hydrogen (secondary N) is 1. The molecule has 3 N–H and O–H groups in total. The average Bonchev–Trinajstić information content (AvgIpc) is 2.71. The van der Waals surface area contributed by atoms with E-state index in [0.717, 1.165) is 32.5 Å². The first-order valence-corrected chi connectivity index (χ1v) is 5.40. The highest BCUT2D eigenvalue weighted by atomic mass is 19.1. The molecule has 2 aliphatic rings. The maximum Gasteiger partial charge on any atom is 0.165 e. The summed E-state index contributed by atoms with van der Waals surface area (Å²) in [5.41, 5.74) is 6.80. The largest absolute Gasteiger partial charge is 0.322 e. The van der Waals surface area contributed by atoms with E-state index in [2.05, 4.69) is 10.4 Å². The number of fused-ring (bicyclic) bond motifs is 1. The number of piperidine rings is 1. The van der Waals surface area contributed by atoms with Crippen LogP contribution in [0.5, 0.6) is 0 Å². The summed E-state index contributed by atoms with van der Waals surface area (Å²) in [4.78, 5) is 0. The first-order valence-electron chi connectivity index (χ1n) is 5.40. The Bertz CT molecular complexity index is 381. The molecule has 0 aliphatic carbocycles. The molecule has 5 heteroatoms. The molecule has 0 aromatic carbocycles. The van der Waals surface area contributed by atoms with Crippen LogP contribution < -0.4 is 11.1 Å². The molecule has 82 valence electrons. The second-order valence-electron chi connectivity index (χ2n) is 4.63. The van der Waals surface area contributed by atoms with Crippen molar-refractivity contribution in [3.05, 3.63) is 17.7 Å². The van der Waals surface area contributed by atoms with Gasteiger partial charge in [0.15, 0.2) is 5.82 Å². The number of hydrogen-bond acceptors (Lipinski definition) is 3. The molecule has 2 aliphatic heterocycles. The molecule has 1 fully saturated rings. The molecule has 1 atom stereocenters. The highest BCUT2D eigenvalue weighted by Crippen LogP contribution is 2.46. The Labute approximate surface area is 87.6 Å². The van der Waals surface area contributed by atoms with E-state index in [-0.39, 0.29) is 17.3 Å². The average molecular weight is 210 g/mol. The van der Waals surface area contributed by atoms with E-state index in [0.29, 0.717) is 5.69 Å². The Morgan fingerprint density at radius 3 is 2.93 bits per heavy atom. The van der Waals surface area contributed by atoms with Gasteiger partial charge in [-0.2, -0.15) is 5.10 Å². The summed E-state index contributed by atoms with van der Waals surface area (Å²) >= 11 is 0. The molecule has 0 unspecified atom stereocenters. The lowest BCUT2D eigenvalue weighted by Gasteiger charge is -2.36. The smallest absolute Gasteiger partial charge is 0.165 e. The van der Waals surface area contributed by atoms with Crippen LogP contribution in [0.3, 0.4) is 0 Å². The minimum absolute atomic E-state index is 0.0374. The van der Waals surface area contributed by atoms with Gasteiger partial charge in [0.05, 0.1) is 17.9 Å². The van der Waals surface area contributed by atoms with Gasteiger partial charge in [-0.15, -0.1) is 0 Å². The Balaban J connectivity index is 1.98. The molecule has 1 spiro atoms. The molecule has 4 nitrogen and oxygen atoms in total. The van der Waals surface area contributed by atoms with Crippen LogP contribution in [0.4, 0.5) is 4.39 Å². The number of rotatable bonds is 0. The lowest BCUT2D eigenvalue weighted by Crippen LogP contribution is -2.42. The van der Waals surface area contributed by atoms with Gasteiger partial charge < -0.3 is 11.1 Å². The van der Waals surface area contributed by atoms with Crippen LogP contribution in [0.25, 0.3) is 0 Å². The molecular weight excluding hydrogens is 195 g/mol. The minimum atomic E-state index is -0.252. The Morgan fingerprint density at radius 1 is 1.53 bits per heavy atom. The fourth-order valence-electron chi connectivity index (χ4n) is 2.89. The third-order valence-electron chi connectivity index (χ3n) is 3.85. The summed E-state index contributed by atoms with van der Waals surface area (Å²) in [6, 6.07) is -0.193. The lowest BCUT2D eigenvalue weighted by molar-refractivity contribution is 0.157. The summed E-state index contributed by atoms with van der Waals surface area (Å²) in [5, 5.41) is 7.35. The Kier molecular flexibility index (Phi) is 1.87. The van der Waals surface area contributed by atoms with Gasteiger partial charge in [-0.05, 0) is 25.9 Å². The molecule has 0 amide bonds. The van der Waals surface area contributed by atoms with Crippen LogP contribution in [0, 0.1) is 11.2 Å². The van der Waals surface area contributed by atoms with Gasteiger partial charge >= 0.3 is 0 Å². The summed E-state index contributed by atoms with van der Waals surface area (Å²) in [7, 11) is 0. The second kappa shape index (κ2) is 3.02. The van der Waals surface area contributed by atoms with Crippen LogP contribution in [0.15, 0.2) is 6.20 Å². The zero-order valence-electron chi connectivity index (χ0n) is 8.54. The highest BCUT2D eigenvalue weighted by Gasteiger charge is 2.47. The zero-order valence-corrected chi connectivity index (χ0v) is 8.54. The first kappa shape index (κ1) is 9.30. The maximum atomic E-state index is 13.5. The zero-order chi connectivity index (χ0) is 10.5. The van der Waals surface area contributed by atoms with E-state index < -0.39 is 0 Å². The standard InChI is InChI=1S/C10H15FN4/c11-7-5-14-15-6-10(9(12)8(7)15)1-3-13-4-2-10/h5,9,13H,1-4,6,12H2/t9-/m1/s1. The van der Waals surface area contributed by atoms with Gasteiger partial charge in [-0.1, -0.05) is 0 Å². The van der Waals surface area contributed by atoms with E-state index in [9.17, 15) is 4.39 Å². The van der Waals surface area contributed by atoms with Crippen molar-refractivity contribution in [3.63, 3.8) is 0 Å². The SMILES string of the molecule is N[C@@H]1c2c(F)cnn2CC12CCNCC2. The molecule has 0 saturated carbocycles. The van der Waals surface area contributed by atoms with Crippen molar-refractivity contribution < 1.29 is 4.39 Å². The number of halogens is 1. The third kappa shape index (κ3) is 1.16. The monoisotopic (exact) mass is 210 g/mol. The predicted molar refractivity (Wildman–Crippen MR) is 53.7 cm³/mol. The van der Waals surface area contributed by atoms with Gasteiger partial charge in [-0.3, -0.25) is 4.68 Å². The van der Waals surface area contributed by atoms with E-state index in [1.807, 2.05) is 0 Å². The number of hydrogen-bond donors (Lipinski definition) is 2. The molecule has 1 aromatic heterocycles. The van der Waals surface area contributed by atoms with Crippen molar-refractivity contribution in [1.82, 2.24) is 15.1 Å². The molecule has 15 heavy (non-hydrogen) atoms. The second-order valence-corrected chi connectivity index (χ2v) is 4.63. The molecule has 3 heterocycles. The van der Waals surface area contributed by atoms with Crippen molar-refractivity contribution in [2.45, 2.75) is 25.4 Å². The Morgan fingerprint density at radius 2 is 2.27 bits per heavy atom. The molecule has 0 radical (unpaired) electrons. The van der Waals surface area contributed by atoms with Crippen molar-refractivity contribution in [2.24, 2.45) is 11.1 Å². The van der Waals surface area contributed by atoms with E-state index >= 15 is 0 Å². The molecule has 1 saturated heterocycles. The van der Waals surface area contributed by atoms with Crippen molar-refractivity contribution in [3.8, 4) is 0 Å². The van der Waals surface area contributed by atoms with Crippen LogP contribution >= 0.6 is 0 Å². The lowest BCUT2D eigenvalue weighted by atomic mass is 9.74. The summed E-state index contributed by atoms with van der Waals surface area (Å²) in [6.07, 6.45) is 3.29. The number of nitrogens with zero attached hydrogens (tertiary/aromatic N) is 2. The third-order valence-corrected chi connectivity index (χ3v) is 3.85. The van der Waals surface area contributed by atoms with E-state index in [1.54, 1.807) is 4.68 Å². The topological polar surface area (TPSA) is 55.9 Å². The summed E-state index contributed by atoms with van der Waals surface area (Å²) in [6.45, 7) is 2.72. The maximum absolute atomic E-state index is 13.5. The molecule has 0 bridgehead atoms. The van der Waals surface area contributed by atoms with Gasteiger partial charge in [0, 0.05) is 12.0 Å². The number of nitrogens with two attached hydrogens (primary N) is 1. The van der Waals surface area contributed by atoms with Crippen LogP contribution in [0.2, 0.25) is 0 Å². The van der Waals surface area contributed by atoms with Crippen molar-refractivity contribution >= 4 is 0 Å². The quantitative estimate of drug-likeness (QED) is 0.652. The summed E-state index contributed by atoms with van der Waals surface area (Å²) < 4.78 is 15.2. The predicted octanol–water partition coefficient (Wildman–Crippen LogP) is 0.405. The van der Waals surface area contributed by atoms with Gasteiger partial charge in [-0.25, -0.2) is 4.39 Å². The van der Waals surface area contributed by atoms with Gasteiger partial charge in [0.25, 0.3) is 0 Å². The van der Waals surface area contributed by atoms with Crippen LogP contribution in [-0.2, 0) is 6.54 Å². The minimum Gasteiger partial charge on any atom is -0.322 e. The molecular formula is C10H15FN4. The normalized spacial score (nSPS) is 28.3. The van der Waals surface area contributed by atoms with Crippen molar-refractivity contribution in [2.75, 3.05) is 13.1 Å². The van der Waals surface area contributed by atoms with Crippen LogP contribution in [0.1, 0.15) is 24.6 Å². The van der Waals surface area contributed by atoms with Gasteiger partial charge in [0.2, 0.25) is 0 Å². The van der Waals surface area contributed by atoms with Gasteiger partial charge in [0.1, 0.15) is 0 Å². The summed E-state index contributed by atoms with van der Waals surface area (Å²) in [5.74, 6) is -0.252. The fourth-order valence-corrected chi connectivity index (χ4v) is 2.89. The first-order chi connectivity index (χ1) is 7.23.